The standard InChI is InChI=1S/C35H31N3/c1-24-14-11-15-25(2)32(24)37-34(28-18-7-5-8-19-28)30-22-13-23-31(36-30)35(29-20-9-6-10-21-29)38-33-26(3)16-12-17-27(33)4/h5-23H,1-4H3/b37-34+,38-35+. The second-order valence-electron chi connectivity index (χ2n) is 9.54. The molecule has 3 nitrogen and oxygen atoms in total. The van der Waals surface area contributed by atoms with Gasteiger partial charge in [0.05, 0.1) is 34.2 Å². The number of aryl methyl sites for hydroxylation is 4. The topological polar surface area (TPSA) is 37.6 Å². The molecule has 0 spiro atoms. The summed E-state index contributed by atoms with van der Waals surface area (Å²) in [4.78, 5) is 15.6. The molecule has 0 unspecified atom stereocenters. The Bertz CT molecular complexity index is 1470. The molecule has 0 fully saturated rings. The average Bonchev–Trinajstić information content (AvgIpc) is 2.94. The molecular weight excluding hydrogens is 462 g/mol. The molecule has 186 valence electrons. The van der Waals surface area contributed by atoms with Crippen LogP contribution in [-0.2, 0) is 0 Å². The number of hydrogen-bond acceptors (Lipinski definition) is 3. The zero-order valence-corrected chi connectivity index (χ0v) is 22.3. The van der Waals surface area contributed by atoms with E-state index in [1.165, 1.54) is 0 Å². The summed E-state index contributed by atoms with van der Waals surface area (Å²) in [5.74, 6) is 0. The van der Waals surface area contributed by atoms with Gasteiger partial charge >= 0.3 is 0 Å². The van der Waals surface area contributed by atoms with E-state index in [2.05, 4.69) is 88.4 Å². The summed E-state index contributed by atoms with van der Waals surface area (Å²) in [7, 11) is 0. The van der Waals surface area contributed by atoms with E-state index < -0.39 is 0 Å². The van der Waals surface area contributed by atoms with Crippen LogP contribution >= 0.6 is 0 Å². The molecule has 0 N–H and O–H groups in total. The van der Waals surface area contributed by atoms with Crippen LogP contribution in [0.5, 0.6) is 0 Å². The molecule has 4 aromatic carbocycles. The molecule has 0 aliphatic carbocycles. The van der Waals surface area contributed by atoms with Crippen molar-refractivity contribution in [3.05, 3.63) is 160 Å². The summed E-state index contributed by atoms with van der Waals surface area (Å²) < 4.78 is 0. The lowest BCUT2D eigenvalue weighted by molar-refractivity contribution is 1.23. The van der Waals surface area contributed by atoms with Crippen molar-refractivity contribution in [2.75, 3.05) is 0 Å². The zero-order chi connectivity index (χ0) is 26.5. The second kappa shape index (κ2) is 11.2. The van der Waals surface area contributed by atoms with Crippen molar-refractivity contribution in [2.45, 2.75) is 27.7 Å². The molecule has 3 heteroatoms. The minimum absolute atomic E-state index is 0.807. The Hall–Kier alpha value is -4.63. The first kappa shape index (κ1) is 25.0. The molecule has 0 saturated carbocycles. The molecule has 0 aliphatic heterocycles. The zero-order valence-electron chi connectivity index (χ0n) is 22.3. The molecule has 0 aliphatic rings. The van der Waals surface area contributed by atoms with Crippen LogP contribution in [0.25, 0.3) is 0 Å². The van der Waals surface area contributed by atoms with Crippen LogP contribution in [0.4, 0.5) is 11.4 Å². The van der Waals surface area contributed by atoms with E-state index in [1.54, 1.807) is 0 Å². The van der Waals surface area contributed by atoms with E-state index in [4.69, 9.17) is 15.0 Å². The molecule has 0 atom stereocenters. The van der Waals surface area contributed by atoms with Gasteiger partial charge in [-0.2, -0.15) is 0 Å². The van der Waals surface area contributed by atoms with Crippen molar-refractivity contribution in [3.63, 3.8) is 0 Å². The predicted molar refractivity (Wildman–Crippen MR) is 160 cm³/mol. The van der Waals surface area contributed by atoms with Crippen LogP contribution in [0.3, 0.4) is 0 Å². The Morgan fingerprint density at radius 3 is 1.13 bits per heavy atom. The van der Waals surface area contributed by atoms with Crippen LogP contribution in [0.1, 0.15) is 44.8 Å². The van der Waals surface area contributed by atoms with Crippen molar-refractivity contribution in [1.29, 1.82) is 0 Å². The molecule has 5 rings (SSSR count). The molecule has 0 bridgehead atoms. The highest BCUT2D eigenvalue weighted by Gasteiger charge is 2.16. The molecule has 0 radical (unpaired) electrons. The fourth-order valence-electron chi connectivity index (χ4n) is 4.62. The van der Waals surface area contributed by atoms with Gasteiger partial charge < -0.3 is 0 Å². The van der Waals surface area contributed by atoms with Crippen LogP contribution in [0.15, 0.2) is 125 Å². The number of aromatic nitrogens is 1. The van der Waals surface area contributed by atoms with Crippen molar-refractivity contribution in [3.8, 4) is 0 Å². The minimum atomic E-state index is 0.807. The third-order valence-corrected chi connectivity index (χ3v) is 6.65. The van der Waals surface area contributed by atoms with E-state index in [0.29, 0.717) is 0 Å². The fraction of sp³-hybridized carbons (Fsp3) is 0.114. The van der Waals surface area contributed by atoms with Crippen molar-refractivity contribution in [1.82, 2.24) is 4.98 Å². The van der Waals surface area contributed by atoms with E-state index >= 15 is 0 Å². The summed E-state index contributed by atoms with van der Waals surface area (Å²) >= 11 is 0. The highest BCUT2D eigenvalue weighted by molar-refractivity contribution is 6.16. The van der Waals surface area contributed by atoms with Crippen LogP contribution in [0, 0.1) is 27.7 Å². The van der Waals surface area contributed by atoms with Gasteiger partial charge in [-0.25, -0.2) is 15.0 Å². The number of rotatable bonds is 6. The average molecular weight is 494 g/mol. The monoisotopic (exact) mass is 493 g/mol. The molecule has 0 amide bonds. The van der Waals surface area contributed by atoms with E-state index in [1.807, 2.05) is 54.6 Å². The van der Waals surface area contributed by atoms with Gasteiger partial charge in [-0.3, -0.25) is 0 Å². The first-order valence-corrected chi connectivity index (χ1v) is 12.9. The molecule has 38 heavy (non-hydrogen) atoms. The van der Waals surface area contributed by atoms with Crippen LogP contribution < -0.4 is 0 Å². The first-order chi connectivity index (χ1) is 18.5. The second-order valence-corrected chi connectivity index (χ2v) is 9.54. The smallest absolute Gasteiger partial charge is 0.0966 e. The minimum Gasteiger partial charge on any atom is -0.246 e. The number of para-hydroxylation sites is 2. The fourth-order valence-corrected chi connectivity index (χ4v) is 4.62. The van der Waals surface area contributed by atoms with Gasteiger partial charge in [0.25, 0.3) is 0 Å². The maximum atomic E-state index is 5.20. The van der Waals surface area contributed by atoms with Gasteiger partial charge in [0.1, 0.15) is 0 Å². The van der Waals surface area contributed by atoms with Gasteiger partial charge in [0, 0.05) is 11.1 Å². The van der Waals surface area contributed by atoms with Crippen molar-refractivity contribution in [2.24, 2.45) is 9.98 Å². The molecule has 5 aromatic rings. The number of pyridine rings is 1. The van der Waals surface area contributed by atoms with Gasteiger partial charge in [-0.15, -0.1) is 0 Å². The Balaban J connectivity index is 1.72. The third kappa shape index (κ3) is 5.37. The molecule has 1 heterocycles. The SMILES string of the molecule is Cc1cccc(C)c1/N=C(\c1ccccc1)c1cccc(/C(=N/c2c(C)cccc2C)c2ccccc2)n1. The Labute approximate surface area is 225 Å². The Morgan fingerprint density at radius 2 is 0.763 bits per heavy atom. The lowest BCUT2D eigenvalue weighted by Crippen LogP contribution is -2.12. The maximum Gasteiger partial charge on any atom is 0.0966 e. The third-order valence-electron chi connectivity index (χ3n) is 6.65. The van der Waals surface area contributed by atoms with E-state index in [0.717, 1.165) is 67.6 Å². The Morgan fingerprint density at radius 1 is 0.421 bits per heavy atom. The van der Waals surface area contributed by atoms with Crippen molar-refractivity contribution < 1.29 is 0 Å². The number of nitrogens with zero attached hydrogens (tertiary/aromatic N) is 3. The van der Waals surface area contributed by atoms with Gasteiger partial charge in [0.15, 0.2) is 0 Å². The Kier molecular flexibility index (Phi) is 7.37. The summed E-state index contributed by atoms with van der Waals surface area (Å²) in [5, 5.41) is 0. The normalized spacial score (nSPS) is 12.0. The number of aliphatic imine (C=N–C) groups is 2. The maximum absolute atomic E-state index is 5.20. The summed E-state index contributed by atoms with van der Waals surface area (Å²) in [5.41, 5.74) is 11.8. The summed E-state index contributed by atoms with van der Waals surface area (Å²) in [6, 6.07) is 39.2. The van der Waals surface area contributed by atoms with Gasteiger partial charge in [-0.1, -0.05) is 103 Å². The van der Waals surface area contributed by atoms with Crippen LogP contribution in [-0.4, -0.2) is 16.4 Å². The molecule has 0 saturated heterocycles. The number of hydrogen-bond donors (Lipinski definition) is 0. The highest BCUT2D eigenvalue weighted by atomic mass is 14.8. The van der Waals surface area contributed by atoms with Gasteiger partial charge in [0.2, 0.25) is 0 Å². The first-order valence-electron chi connectivity index (χ1n) is 12.9. The summed E-state index contributed by atoms with van der Waals surface area (Å²) in [6.07, 6.45) is 0. The summed E-state index contributed by atoms with van der Waals surface area (Å²) in [6.45, 7) is 8.40. The lowest BCUT2D eigenvalue weighted by Gasteiger charge is -2.13. The molecule has 1 aromatic heterocycles. The van der Waals surface area contributed by atoms with Crippen molar-refractivity contribution >= 4 is 22.8 Å². The lowest BCUT2D eigenvalue weighted by atomic mass is 10.0. The largest absolute Gasteiger partial charge is 0.246 e. The molecular formula is C35H31N3. The number of benzene rings is 4. The van der Waals surface area contributed by atoms with Crippen LogP contribution in [0.2, 0.25) is 0 Å². The quantitative estimate of drug-likeness (QED) is 0.218. The van der Waals surface area contributed by atoms with Gasteiger partial charge in [-0.05, 0) is 62.1 Å². The predicted octanol–water partition coefficient (Wildman–Crippen LogP) is 8.65. The highest BCUT2D eigenvalue weighted by Crippen LogP contribution is 2.27. The van der Waals surface area contributed by atoms with E-state index in [9.17, 15) is 0 Å². The van der Waals surface area contributed by atoms with E-state index in [-0.39, 0.29) is 0 Å².